The molecule has 144 valence electrons. The average Bonchev–Trinajstić information content (AvgIpc) is 2.71. The molecule has 0 radical (unpaired) electrons. The van der Waals surface area contributed by atoms with Crippen LogP contribution >= 0.6 is 0 Å². The van der Waals surface area contributed by atoms with Crippen LogP contribution in [0.3, 0.4) is 0 Å². The van der Waals surface area contributed by atoms with Gasteiger partial charge in [0.05, 0.1) is 0 Å². The Morgan fingerprint density at radius 2 is 1.92 bits per heavy atom. The molecule has 0 aromatic carbocycles. The zero-order valence-corrected chi connectivity index (χ0v) is 16.1. The fourth-order valence-electron chi connectivity index (χ4n) is 3.95. The molecular formula is C20H33N5O. The molecule has 1 aromatic heterocycles. The Hall–Kier alpha value is -1.85. The van der Waals surface area contributed by atoms with E-state index >= 15 is 0 Å². The second-order valence-corrected chi connectivity index (χ2v) is 7.60. The predicted molar refractivity (Wildman–Crippen MR) is 105 cm³/mol. The van der Waals surface area contributed by atoms with E-state index < -0.39 is 0 Å². The molecule has 2 aliphatic heterocycles. The number of piperidine rings is 2. The highest BCUT2D eigenvalue weighted by atomic mass is 16.2. The minimum atomic E-state index is 0.370. The number of nitrogens with zero attached hydrogens (tertiary/aromatic N) is 4. The average molecular weight is 360 g/mol. The highest BCUT2D eigenvalue weighted by molar-refractivity contribution is 5.76. The number of nitrogens with one attached hydrogen (secondary N) is 1. The second kappa shape index (κ2) is 9.74. The quantitative estimate of drug-likeness (QED) is 0.809. The molecule has 3 heterocycles. The lowest BCUT2D eigenvalue weighted by Gasteiger charge is -2.33. The van der Waals surface area contributed by atoms with Gasteiger partial charge in [-0.1, -0.05) is 6.92 Å². The number of carbonyl (C=O) groups is 1. The van der Waals surface area contributed by atoms with Gasteiger partial charge >= 0.3 is 0 Å². The van der Waals surface area contributed by atoms with Gasteiger partial charge in [-0.15, -0.1) is 0 Å². The third-order valence-corrected chi connectivity index (χ3v) is 5.62. The van der Waals surface area contributed by atoms with Gasteiger partial charge in [0.25, 0.3) is 0 Å². The van der Waals surface area contributed by atoms with Gasteiger partial charge in [0.15, 0.2) is 0 Å². The summed E-state index contributed by atoms with van der Waals surface area (Å²) in [5, 5.41) is 3.33. The van der Waals surface area contributed by atoms with Crippen LogP contribution < -0.4 is 10.2 Å². The zero-order chi connectivity index (χ0) is 18.2. The van der Waals surface area contributed by atoms with Crippen molar-refractivity contribution in [3.8, 4) is 0 Å². The summed E-state index contributed by atoms with van der Waals surface area (Å²) >= 11 is 0. The summed E-state index contributed by atoms with van der Waals surface area (Å²) in [6.45, 7) is 7.07. The van der Waals surface area contributed by atoms with Crippen molar-refractivity contribution in [3.05, 3.63) is 12.4 Å². The topological polar surface area (TPSA) is 61.4 Å². The van der Waals surface area contributed by atoms with E-state index in [0.29, 0.717) is 11.8 Å². The summed E-state index contributed by atoms with van der Waals surface area (Å²) < 4.78 is 0. The van der Waals surface area contributed by atoms with Gasteiger partial charge in [0, 0.05) is 45.2 Å². The van der Waals surface area contributed by atoms with Crippen LogP contribution in [-0.4, -0.2) is 53.5 Å². The summed E-state index contributed by atoms with van der Waals surface area (Å²) in [5.74, 6) is 2.96. The van der Waals surface area contributed by atoms with Crippen LogP contribution in [0.25, 0.3) is 0 Å². The molecule has 0 aliphatic carbocycles. The van der Waals surface area contributed by atoms with Gasteiger partial charge in [-0.3, -0.25) is 4.79 Å². The van der Waals surface area contributed by atoms with Crippen LogP contribution in [0.5, 0.6) is 0 Å². The van der Waals surface area contributed by atoms with Crippen molar-refractivity contribution in [3.63, 3.8) is 0 Å². The lowest BCUT2D eigenvalue weighted by Crippen LogP contribution is -2.37. The standard InChI is InChI=1S/C20H33N5O/c1-2-10-21-18-15-19(23-16-22-18)24-13-8-17(9-14-24)6-7-20(26)25-11-4-3-5-12-25/h15-17H,2-14H2,1H3,(H,21,22,23). The van der Waals surface area contributed by atoms with Crippen molar-refractivity contribution in [1.29, 1.82) is 0 Å². The number of carbonyl (C=O) groups excluding carboxylic acids is 1. The van der Waals surface area contributed by atoms with Crippen LogP contribution in [0.4, 0.5) is 11.6 Å². The first-order valence-electron chi connectivity index (χ1n) is 10.3. The van der Waals surface area contributed by atoms with Crippen LogP contribution in [0.1, 0.15) is 58.3 Å². The number of amides is 1. The van der Waals surface area contributed by atoms with E-state index in [-0.39, 0.29) is 0 Å². The lowest BCUT2D eigenvalue weighted by atomic mass is 9.92. The van der Waals surface area contributed by atoms with E-state index in [1.807, 2.05) is 0 Å². The van der Waals surface area contributed by atoms with Crippen LogP contribution in [-0.2, 0) is 4.79 Å². The summed E-state index contributed by atoms with van der Waals surface area (Å²) in [6, 6.07) is 2.05. The molecule has 2 saturated heterocycles. The van der Waals surface area contributed by atoms with Crippen LogP contribution in [0, 0.1) is 5.92 Å². The van der Waals surface area contributed by atoms with Crippen molar-refractivity contribution in [2.75, 3.05) is 42.9 Å². The molecule has 2 fully saturated rings. The number of aromatic nitrogens is 2. The van der Waals surface area contributed by atoms with Gasteiger partial charge in [0.2, 0.25) is 5.91 Å². The molecule has 6 heteroatoms. The van der Waals surface area contributed by atoms with E-state index in [2.05, 4.69) is 38.1 Å². The van der Waals surface area contributed by atoms with E-state index in [9.17, 15) is 4.79 Å². The molecule has 26 heavy (non-hydrogen) atoms. The molecular weight excluding hydrogens is 326 g/mol. The molecule has 3 rings (SSSR count). The Balaban J connectivity index is 1.42. The number of rotatable bonds is 7. The monoisotopic (exact) mass is 359 g/mol. The van der Waals surface area contributed by atoms with Crippen LogP contribution in [0.15, 0.2) is 12.4 Å². The third kappa shape index (κ3) is 5.32. The molecule has 0 spiro atoms. The Kier molecular flexibility index (Phi) is 7.09. The third-order valence-electron chi connectivity index (χ3n) is 5.62. The largest absolute Gasteiger partial charge is 0.370 e. The normalized spacial score (nSPS) is 18.8. The highest BCUT2D eigenvalue weighted by Crippen LogP contribution is 2.26. The second-order valence-electron chi connectivity index (χ2n) is 7.60. The van der Waals surface area contributed by atoms with E-state index in [0.717, 1.165) is 76.5 Å². The Bertz CT molecular complexity index is 565. The van der Waals surface area contributed by atoms with Crippen molar-refractivity contribution < 1.29 is 4.79 Å². The summed E-state index contributed by atoms with van der Waals surface area (Å²) in [5.41, 5.74) is 0. The fraction of sp³-hybridized carbons (Fsp3) is 0.750. The molecule has 1 N–H and O–H groups in total. The predicted octanol–water partition coefficient (Wildman–Crippen LogP) is 3.31. The number of hydrogen-bond acceptors (Lipinski definition) is 5. The maximum atomic E-state index is 12.3. The first-order chi connectivity index (χ1) is 12.8. The Labute approximate surface area is 157 Å². The molecule has 0 atom stereocenters. The van der Waals surface area contributed by atoms with Crippen molar-refractivity contribution in [1.82, 2.24) is 14.9 Å². The highest BCUT2D eigenvalue weighted by Gasteiger charge is 2.23. The van der Waals surface area contributed by atoms with Crippen molar-refractivity contribution in [2.45, 2.75) is 58.3 Å². The zero-order valence-electron chi connectivity index (χ0n) is 16.1. The molecule has 2 aliphatic rings. The fourth-order valence-corrected chi connectivity index (χ4v) is 3.95. The molecule has 0 saturated carbocycles. The molecule has 1 aromatic rings. The number of likely N-dealkylation sites (tertiary alicyclic amines) is 1. The lowest BCUT2D eigenvalue weighted by molar-refractivity contribution is -0.132. The van der Waals surface area contributed by atoms with Gasteiger partial charge in [-0.05, 0) is 50.9 Å². The first kappa shape index (κ1) is 18.9. The van der Waals surface area contributed by atoms with Crippen molar-refractivity contribution in [2.24, 2.45) is 5.92 Å². The molecule has 0 bridgehead atoms. The summed E-state index contributed by atoms with van der Waals surface area (Å²) in [4.78, 5) is 25.5. The van der Waals surface area contributed by atoms with E-state index in [4.69, 9.17) is 0 Å². The van der Waals surface area contributed by atoms with Gasteiger partial charge in [0.1, 0.15) is 18.0 Å². The Morgan fingerprint density at radius 1 is 1.15 bits per heavy atom. The first-order valence-corrected chi connectivity index (χ1v) is 10.3. The minimum absolute atomic E-state index is 0.370. The van der Waals surface area contributed by atoms with Gasteiger partial charge < -0.3 is 15.1 Å². The smallest absolute Gasteiger partial charge is 0.222 e. The van der Waals surface area contributed by atoms with Crippen molar-refractivity contribution >= 4 is 17.5 Å². The summed E-state index contributed by atoms with van der Waals surface area (Å²) in [6.07, 6.45) is 10.4. The molecule has 0 unspecified atom stereocenters. The summed E-state index contributed by atoms with van der Waals surface area (Å²) in [7, 11) is 0. The van der Waals surface area contributed by atoms with E-state index in [1.54, 1.807) is 6.33 Å². The maximum Gasteiger partial charge on any atom is 0.222 e. The van der Waals surface area contributed by atoms with E-state index in [1.165, 1.54) is 19.3 Å². The number of hydrogen-bond donors (Lipinski definition) is 1. The van der Waals surface area contributed by atoms with Gasteiger partial charge in [-0.2, -0.15) is 0 Å². The Morgan fingerprint density at radius 3 is 2.65 bits per heavy atom. The SMILES string of the molecule is CCCNc1cc(N2CCC(CCC(=O)N3CCCCC3)CC2)ncn1. The molecule has 6 nitrogen and oxygen atoms in total. The van der Waals surface area contributed by atoms with Gasteiger partial charge in [-0.25, -0.2) is 9.97 Å². The molecule has 1 amide bonds. The maximum absolute atomic E-state index is 12.3. The number of anilines is 2. The van der Waals surface area contributed by atoms with Crippen LogP contribution in [0.2, 0.25) is 0 Å². The minimum Gasteiger partial charge on any atom is -0.370 e.